The number of aryl methyl sites for hydroxylation is 1. The van der Waals surface area contributed by atoms with Gasteiger partial charge in [0.25, 0.3) is 0 Å². The first-order valence-electron chi connectivity index (χ1n) is 8.84. The molecule has 1 aliphatic heterocycles. The van der Waals surface area contributed by atoms with Crippen molar-refractivity contribution in [3.05, 3.63) is 53.4 Å². The molecule has 1 fully saturated rings. The molecule has 4 heterocycles. The zero-order valence-electron chi connectivity index (χ0n) is 15.1. The summed E-state index contributed by atoms with van der Waals surface area (Å²) in [6, 6.07) is 8.78. The van der Waals surface area contributed by atoms with Crippen molar-refractivity contribution in [2.75, 3.05) is 20.1 Å². The first-order chi connectivity index (χ1) is 12.6. The number of fused-ring (bicyclic) bond motifs is 1. The highest BCUT2D eigenvalue weighted by atomic mass is 16.5. The first-order valence-corrected chi connectivity index (χ1v) is 8.84. The summed E-state index contributed by atoms with van der Waals surface area (Å²) in [5.41, 5.74) is 2.85. The lowest BCUT2D eigenvalue weighted by Gasteiger charge is -2.23. The van der Waals surface area contributed by atoms with Gasteiger partial charge in [0, 0.05) is 50.6 Å². The second kappa shape index (κ2) is 6.90. The van der Waals surface area contributed by atoms with Crippen LogP contribution in [0.4, 0.5) is 0 Å². The molecule has 0 spiro atoms. The Balaban J connectivity index is 1.42. The number of hydrogen-bond acceptors (Lipinski definition) is 6. The highest BCUT2D eigenvalue weighted by Gasteiger charge is 2.27. The van der Waals surface area contributed by atoms with E-state index in [0.29, 0.717) is 18.5 Å². The van der Waals surface area contributed by atoms with Crippen LogP contribution in [0, 0.1) is 18.3 Å². The minimum absolute atomic E-state index is 0.455. The first kappa shape index (κ1) is 16.8. The van der Waals surface area contributed by atoms with Gasteiger partial charge >= 0.3 is 0 Å². The van der Waals surface area contributed by atoms with Crippen molar-refractivity contribution in [1.29, 1.82) is 5.26 Å². The molecule has 0 aliphatic carbocycles. The number of likely N-dealkylation sites (tertiary alicyclic amines) is 1. The molecule has 0 aromatic carbocycles. The second-order valence-corrected chi connectivity index (χ2v) is 6.96. The van der Waals surface area contributed by atoms with Gasteiger partial charge in [-0.25, -0.2) is 0 Å². The summed E-state index contributed by atoms with van der Waals surface area (Å²) >= 11 is 0. The molecule has 134 valence electrons. The molecule has 1 saturated heterocycles. The molecule has 0 radical (unpaired) electrons. The number of nitriles is 1. The third-order valence-corrected chi connectivity index (χ3v) is 5.10. The predicted octanol–water partition coefficient (Wildman–Crippen LogP) is 2.21. The zero-order chi connectivity index (χ0) is 18.1. The summed E-state index contributed by atoms with van der Waals surface area (Å²) in [6.07, 6.45) is 5.17. The van der Waals surface area contributed by atoms with Crippen molar-refractivity contribution in [3.63, 3.8) is 0 Å². The van der Waals surface area contributed by atoms with E-state index in [4.69, 9.17) is 4.52 Å². The molecule has 4 rings (SSSR count). The van der Waals surface area contributed by atoms with Gasteiger partial charge in [0.15, 0.2) is 5.82 Å². The van der Waals surface area contributed by atoms with E-state index < -0.39 is 0 Å². The summed E-state index contributed by atoms with van der Waals surface area (Å²) in [4.78, 5) is 8.98. The maximum atomic E-state index is 9.57. The molecule has 0 bridgehead atoms. The van der Waals surface area contributed by atoms with Crippen LogP contribution >= 0.6 is 0 Å². The Bertz CT molecular complexity index is 952. The van der Waals surface area contributed by atoms with E-state index in [2.05, 4.69) is 39.3 Å². The Kier molecular flexibility index (Phi) is 4.45. The number of rotatable bonds is 5. The lowest BCUT2D eigenvalue weighted by Crippen LogP contribution is -2.34. The van der Waals surface area contributed by atoms with Crippen molar-refractivity contribution in [2.45, 2.75) is 32.5 Å². The van der Waals surface area contributed by atoms with E-state index in [1.54, 1.807) is 0 Å². The van der Waals surface area contributed by atoms with Crippen molar-refractivity contribution < 1.29 is 4.52 Å². The Hall–Kier alpha value is -2.69. The van der Waals surface area contributed by atoms with Gasteiger partial charge in [0.05, 0.1) is 17.6 Å². The average molecular weight is 350 g/mol. The van der Waals surface area contributed by atoms with E-state index in [0.717, 1.165) is 48.5 Å². The van der Waals surface area contributed by atoms with Crippen LogP contribution in [0.2, 0.25) is 0 Å². The van der Waals surface area contributed by atoms with Gasteiger partial charge in [-0.1, -0.05) is 11.2 Å². The van der Waals surface area contributed by atoms with Crippen LogP contribution in [0.5, 0.6) is 0 Å². The van der Waals surface area contributed by atoms with Crippen LogP contribution in [-0.4, -0.2) is 50.5 Å². The highest BCUT2D eigenvalue weighted by Crippen LogP contribution is 2.23. The largest absolute Gasteiger partial charge is 0.340 e. The van der Waals surface area contributed by atoms with E-state index >= 15 is 0 Å². The van der Waals surface area contributed by atoms with Crippen molar-refractivity contribution in [1.82, 2.24) is 24.3 Å². The maximum Gasteiger partial charge on any atom is 0.223 e. The Morgan fingerprint density at radius 2 is 2.31 bits per heavy atom. The van der Waals surface area contributed by atoms with Gasteiger partial charge in [-0.3, -0.25) is 9.80 Å². The molecule has 3 aromatic heterocycles. The molecule has 1 aliphatic rings. The van der Waals surface area contributed by atoms with Gasteiger partial charge in [-0.15, -0.1) is 0 Å². The predicted molar refractivity (Wildman–Crippen MR) is 96.3 cm³/mol. The molecule has 1 atom stereocenters. The summed E-state index contributed by atoms with van der Waals surface area (Å²) in [6.45, 7) is 5.30. The standard InChI is InChI=1S/C19H22N6O/c1-14-21-19(22-26-14)13-23(2)16-6-8-24(12-16)10-15-11-25-7-4-3-5-18(25)17(15)9-20/h3-5,7,11,16H,6,8,10,12-13H2,1-2H3. The molecule has 0 amide bonds. The fourth-order valence-electron chi connectivity index (χ4n) is 3.74. The highest BCUT2D eigenvalue weighted by molar-refractivity contribution is 5.65. The molecular weight excluding hydrogens is 328 g/mol. The number of hydrogen-bond donors (Lipinski definition) is 0. The van der Waals surface area contributed by atoms with Crippen molar-refractivity contribution >= 4 is 5.52 Å². The third-order valence-electron chi connectivity index (χ3n) is 5.10. The summed E-state index contributed by atoms with van der Waals surface area (Å²) < 4.78 is 7.09. The Labute approximate surface area is 152 Å². The quantitative estimate of drug-likeness (QED) is 0.702. The lowest BCUT2D eigenvalue weighted by molar-refractivity contribution is 0.216. The van der Waals surface area contributed by atoms with E-state index in [9.17, 15) is 5.26 Å². The Morgan fingerprint density at radius 1 is 1.42 bits per heavy atom. The fourth-order valence-corrected chi connectivity index (χ4v) is 3.74. The SMILES string of the molecule is Cc1nc(CN(C)C2CCN(Cc3cn4ccccc4c3C#N)C2)no1. The van der Waals surface area contributed by atoms with Gasteiger partial charge in [0.1, 0.15) is 6.07 Å². The molecule has 26 heavy (non-hydrogen) atoms. The van der Waals surface area contributed by atoms with Crippen LogP contribution < -0.4 is 0 Å². The summed E-state index contributed by atoms with van der Waals surface area (Å²) in [5, 5.41) is 13.6. The van der Waals surface area contributed by atoms with Gasteiger partial charge < -0.3 is 8.92 Å². The van der Waals surface area contributed by atoms with E-state index in [1.807, 2.05) is 35.7 Å². The fraction of sp³-hybridized carbons (Fsp3) is 0.421. The molecule has 7 nitrogen and oxygen atoms in total. The topological polar surface area (TPSA) is 73.6 Å². The van der Waals surface area contributed by atoms with E-state index in [-0.39, 0.29) is 0 Å². The van der Waals surface area contributed by atoms with Crippen LogP contribution in [-0.2, 0) is 13.1 Å². The minimum Gasteiger partial charge on any atom is -0.340 e. The van der Waals surface area contributed by atoms with Gasteiger partial charge in [0.2, 0.25) is 5.89 Å². The smallest absolute Gasteiger partial charge is 0.223 e. The molecular formula is C19H22N6O. The van der Waals surface area contributed by atoms with Crippen molar-refractivity contribution in [3.8, 4) is 6.07 Å². The van der Waals surface area contributed by atoms with Crippen LogP contribution in [0.1, 0.15) is 29.3 Å². The van der Waals surface area contributed by atoms with Crippen molar-refractivity contribution in [2.24, 2.45) is 0 Å². The van der Waals surface area contributed by atoms with Crippen LogP contribution in [0.3, 0.4) is 0 Å². The molecule has 7 heteroatoms. The number of pyridine rings is 1. The number of aromatic nitrogens is 3. The van der Waals surface area contributed by atoms with Gasteiger partial charge in [-0.05, 0) is 25.6 Å². The van der Waals surface area contributed by atoms with Gasteiger partial charge in [-0.2, -0.15) is 10.2 Å². The second-order valence-electron chi connectivity index (χ2n) is 6.96. The zero-order valence-corrected chi connectivity index (χ0v) is 15.1. The molecule has 0 saturated carbocycles. The lowest BCUT2D eigenvalue weighted by atomic mass is 10.1. The third kappa shape index (κ3) is 3.21. The monoisotopic (exact) mass is 350 g/mol. The van der Waals surface area contributed by atoms with E-state index in [1.165, 1.54) is 0 Å². The maximum absolute atomic E-state index is 9.57. The average Bonchev–Trinajstić information content (AvgIpc) is 3.33. The summed E-state index contributed by atoms with van der Waals surface area (Å²) in [5.74, 6) is 1.33. The van der Waals surface area contributed by atoms with Crippen LogP contribution in [0.25, 0.3) is 5.52 Å². The normalized spacial score (nSPS) is 18.0. The molecule has 3 aromatic rings. The Morgan fingerprint density at radius 3 is 3.08 bits per heavy atom. The molecule has 0 N–H and O–H groups in total. The number of likely N-dealkylation sites (N-methyl/N-ethyl adjacent to an activating group) is 1. The number of nitrogens with zero attached hydrogens (tertiary/aromatic N) is 6. The molecule has 1 unspecified atom stereocenters. The summed E-state index contributed by atoms with van der Waals surface area (Å²) in [7, 11) is 2.10. The minimum atomic E-state index is 0.455. The van der Waals surface area contributed by atoms with Crippen LogP contribution in [0.15, 0.2) is 35.1 Å².